The van der Waals surface area contributed by atoms with Gasteiger partial charge in [-0.25, -0.2) is 0 Å². The van der Waals surface area contributed by atoms with Gasteiger partial charge in [0.25, 0.3) is 11.2 Å². The third-order valence-corrected chi connectivity index (χ3v) is 6.30. The van der Waals surface area contributed by atoms with Gasteiger partial charge >= 0.3 is 0 Å². The predicted octanol–water partition coefficient (Wildman–Crippen LogP) is 4.54. The number of rotatable bonds is 4. The highest BCUT2D eigenvalue weighted by molar-refractivity contribution is 6.01. The Hall–Kier alpha value is -4.50. The second-order valence-electron chi connectivity index (χ2n) is 8.29. The zero-order chi connectivity index (χ0) is 23.9. The van der Waals surface area contributed by atoms with E-state index in [1.54, 1.807) is 30.5 Å². The molecule has 0 aliphatic carbocycles. The molecule has 1 aliphatic rings. The van der Waals surface area contributed by atoms with E-state index < -0.39 is 10.5 Å². The van der Waals surface area contributed by atoms with Crippen LogP contribution >= 0.6 is 0 Å². The number of nitro groups is 1. The number of furan rings is 1. The number of fused-ring (bicyclic) bond motifs is 2. The summed E-state index contributed by atoms with van der Waals surface area (Å²) in [6.45, 7) is 2.45. The second-order valence-corrected chi connectivity index (χ2v) is 8.29. The number of para-hydroxylation sites is 1. The summed E-state index contributed by atoms with van der Waals surface area (Å²) in [4.78, 5) is 27.2. The van der Waals surface area contributed by atoms with Crippen LogP contribution in [0.5, 0.6) is 0 Å². The predicted molar refractivity (Wildman–Crippen MR) is 132 cm³/mol. The molecule has 9 heteroatoms. The number of benzene rings is 3. The van der Waals surface area contributed by atoms with E-state index in [0.29, 0.717) is 53.9 Å². The Kier molecular flexibility index (Phi) is 5.04. The molecule has 0 saturated carbocycles. The Balaban J connectivity index is 1.65. The zero-order valence-electron chi connectivity index (χ0n) is 18.6. The smallest absolute Gasteiger partial charge is 0.295 e. The zero-order valence-corrected chi connectivity index (χ0v) is 18.6. The lowest BCUT2D eigenvalue weighted by Gasteiger charge is -2.29. The number of nitrogens with zero attached hydrogens (tertiary/aromatic N) is 4. The first-order valence-electron chi connectivity index (χ1n) is 11.2. The first-order chi connectivity index (χ1) is 17.1. The molecule has 1 aliphatic heterocycles. The summed E-state index contributed by atoms with van der Waals surface area (Å²) >= 11 is 0. The highest BCUT2D eigenvalue weighted by atomic mass is 16.6. The molecular formula is C26H20N4O5. The Bertz CT molecular complexity index is 1650. The van der Waals surface area contributed by atoms with Crippen molar-refractivity contribution in [3.05, 3.63) is 93.5 Å². The lowest BCUT2D eigenvalue weighted by atomic mass is 10.0. The average molecular weight is 468 g/mol. The minimum absolute atomic E-state index is 0.114. The largest absolute Gasteiger partial charge is 0.464 e. The van der Waals surface area contributed by atoms with Gasteiger partial charge < -0.3 is 14.1 Å². The van der Waals surface area contributed by atoms with Crippen LogP contribution < -0.4 is 10.5 Å². The van der Waals surface area contributed by atoms with Gasteiger partial charge in [-0.2, -0.15) is 9.78 Å². The summed E-state index contributed by atoms with van der Waals surface area (Å²) in [5.74, 6) is 0. The Labute approximate surface area is 198 Å². The molecule has 0 N–H and O–H groups in total. The SMILES string of the molecule is O=c1c2ccccc2c(-c2cccc3ccoc23)nn1-c1cc(N2CCOCC2)ccc1[N+](=O)[O-]. The van der Waals surface area contributed by atoms with E-state index in [1.807, 2.05) is 36.4 Å². The molecule has 1 saturated heterocycles. The molecule has 0 unspecified atom stereocenters. The fourth-order valence-corrected chi connectivity index (χ4v) is 4.59. The molecular weight excluding hydrogens is 448 g/mol. The third-order valence-electron chi connectivity index (χ3n) is 6.30. The number of nitro benzene ring substituents is 1. The standard InChI is InChI=1S/C26H20N4O5/c31-26-20-6-2-1-5-19(20)24(21-7-3-4-17-10-13-35-25(17)21)27-29(26)23-16-18(8-9-22(23)30(32)33)28-11-14-34-15-12-28/h1-10,13,16H,11-12,14-15H2. The maximum atomic E-state index is 13.6. The maximum Gasteiger partial charge on any atom is 0.295 e. The van der Waals surface area contributed by atoms with Crippen molar-refractivity contribution in [1.29, 1.82) is 0 Å². The highest BCUT2D eigenvalue weighted by Crippen LogP contribution is 2.34. The summed E-state index contributed by atoms with van der Waals surface area (Å²) in [6.07, 6.45) is 1.60. The quantitative estimate of drug-likeness (QED) is 0.282. The van der Waals surface area contributed by atoms with E-state index in [1.165, 1.54) is 6.07 Å². The van der Waals surface area contributed by atoms with Gasteiger partial charge in [-0.15, -0.1) is 0 Å². The fourth-order valence-electron chi connectivity index (χ4n) is 4.59. The molecule has 35 heavy (non-hydrogen) atoms. The van der Waals surface area contributed by atoms with Crippen LogP contribution in [0.1, 0.15) is 0 Å². The van der Waals surface area contributed by atoms with E-state index in [-0.39, 0.29) is 11.4 Å². The number of hydrogen-bond donors (Lipinski definition) is 0. The number of hydrogen-bond acceptors (Lipinski definition) is 7. The summed E-state index contributed by atoms with van der Waals surface area (Å²) in [5.41, 5.74) is 2.09. The molecule has 3 heterocycles. The molecule has 0 amide bonds. The van der Waals surface area contributed by atoms with Crippen LogP contribution in [-0.2, 0) is 4.74 Å². The van der Waals surface area contributed by atoms with Crippen molar-refractivity contribution in [3.63, 3.8) is 0 Å². The summed E-state index contributed by atoms with van der Waals surface area (Å²) < 4.78 is 12.3. The van der Waals surface area contributed by atoms with Gasteiger partial charge in [0.2, 0.25) is 0 Å². The van der Waals surface area contributed by atoms with Crippen molar-refractivity contribution < 1.29 is 14.1 Å². The maximum absolute atomic E-state index is 13.6. The first-order valence-corrected chi connectivity index (χ1v) is 11.2. The second kappa shape index (κ2) is 8.37. The van der Waals surface area contributed by atoms with Crippen molar-refractivity contribution in [2.24, 2.45) is 0 Å². The molecule has 9 nitrogen and oxygen atoms in total. The first kappa shape index (κ1) is 21.1. The van der Waals surface area contributed by atoms with E-state index in [9.17, 15) is 14.9 Å². The molecule has 3 aromatic carbocycles. The van der Waals surface area contributed by atoms with Gasteiger partial charge in [0, 0.05) is 41.2 Å². The molecule has 2 aromatic heterocycles. The molecule has 174 valence electrons. The van der Waals surface area contributed by atoms with Crippen molar-refractivity contribution in [3.8, 4) is 16.9 Å². The van der Waals surface area contributed by atoms with Crippen LogP contribution in [0.25, 0.3) is 38.7 Å². The van der Waals surface area contributed by atoms with Crippen LogP contribution in [0.4, 0.5) is 11.4 Å². The fraction of sp³-hybridized carbons (Fsp3) is 0.154. The Morgan fingerprint density at radius 1 is 0.943 bits per heavy atom. The van der Waals surface area contributed by atoms with Gasteiger partial charge in [0.15, 0.2) is 0 Å². The number of aromatic nitrogens is 2. The number of anilines is 1. The van der Waals surface area contributed by atoms with Crippen LogP contribution in [0.3, 0.4) is 0 Å². The average Bonchev–Trinajstić information content (AvgIpc) is 3.39. The van der Waals surface area contributed by atoms with Crippen molar-refractivity contribution >= 4 is 33.1 Å². The summed E-state index contributed by atoms with van der Waals surface area (Å²) in [7, 11) is 0. The number of morpholine rings is 1. The van der Waals surface area contributed by atoms with Crippen LogP contribution in [0, 0.1) is 10.1 Å². The van der Waals surface area contributed by atoms with E-state index >= 15 is 0 Å². The monoisotopic (exact) mass is 468 g/mol. The van der Waals surface area contributed by atoms with E-state index in [4.69, 9.17) is 14.3 Å². The van der Waals surface area contributed by atoms with Crippen molar-refractivity contribution in [2.75, 3.05) is 31.2 Å². The molecule has 0 atom stereocenters. The minimum Gasteiger partial charge on any atom is -0.464 e. The molecule has 5 aromatic rings. The topological polar surface area (TPSA) is 104 Å². The highest BCUT2D eigenvalue weighted by Gasteiger charge is 2.23. The Morgan fingerprint density at radius 3 is 2.54 bits per heavy atom. The van der Waals surface area contributed by atoms with Gasteiger partial charge in [0.1, 0.15) is 17.0 Å². The van der Waals surface area contributed by atoms with Crippen molar-refractivity contribution in [2.45, 2.75) is 0 Å². The van der Waals surface area contributed by atoms with E-state index in [2.05, 4.69) is 4.90 Å². The van der Waals surface area contributed by atoms with Gasteiger partial charge in [-0.3, -0.25) is 14.9 Å². The molecule has 6 rings (SSSR count). The Morgan fingerprint density at radius 2 is 1.74 bits per heavy atom. The lowest BCUT2D eigenvalue weighted by molar-refractivity contribution is -0.384. The third kappa shape index (κ3) is 3.53. The molecule has 0 radical (unpaired) electrons. The van der Waals surface area contributed by atoms with Gasteiger partial charge in [0.05, 0.1) is 29.8 Å². The van der Waals surface area contributed by atoms with Crippen LogP contribution in [0.2, 0.25) is 0 Å². The molecule has 0 bridgehead atoms. The lowest BCUT2D eigenvalue weighted by Crippen LogP contribution is -2.36. The van der Waals surface area contributed by atoms with Gasteiger partial charge in [-0.1, -0.05) is 30.3 Å². The molecule has 1 fully saturated rings. The van der Waals surface area contributed by atoms with E-state index in [0.717, 1.165) is 15.8 Å². The normalized spacial score (nSPS) is 14.0. The van der Waals surface area contributed by atoms with Gasteiger partial charge in [-0.05, 0) is 30.3 Å². The van der Waals surface area contributed by atoms with Crippen molar-refractivity contribution in [1.82, 2.24) is 9.78 Å². The minimum atomic E-state index is -0.491. The number of ether oxygens (including phenoxy) is 1. The van der Waals surface area contributed by atoms with Crippen LogP contribution in [-0.4, -0.2) is 41.0 Å². The summed E-state index contributed by atoms with van der Waals surface area (Å²) in [5, 5.41) is 18.6. The molecule has 0 spiro atoms. The van der Waals surface area contributed by atoms with Crippen LogP contribution in [0.15, 0.2) is 82.2 Å². The summed E-state index contributed by atoms with van der Waals surface area (Å²) in [6, 6.07) is 19.5.